The summed E-state index contributed by atoms with van der Waals surface area (Å²) in [5, 5.41) is 16.3. The minimum Gasteiger partial charge on any atom is -0.480 e. The third-order valence-electron chi connectivity index (χ3n) is 6.82. The number of hydrogen-bond acceptors (Lipinski definition) is 10. The summed E-state index contributed by atoms with van der Waals surface area (Å²) in [6.45, 7) is 4.60. The fraction of sp³-hybridized carbons (Fsp3) is 0.308. The maximum atomic E-state index is 13.6. The van der Waals surface area contributed by atoms with Gasteiger partial charge in [-0.2, -0.15) is 4.52 Å². The second-order valence-electron chi connectivity index (χ2n) is 10.1. The Morgan fingerprint density at radius 2 is 1.79 bits per heavy atom. The standard InChI is InChI=1S/C26H24N6O9S/c1-11(33)41-13-6-4-12(5-7-13)17(28-20(35)14-10-27-15-8-9-16(34)30-32(15)22(14)37)21(36)29-18-23(38)31-19(25(39)40)26(2,3)42-24(18)31/h4-10,17-19,24H,1-3H3,(H,28,35)(H,29,36)(H,30,34)(H,39,40)/t17?,18-,19+,24-/m1/s1. The van der Waals surface area contributed by atoms with Crippen molar-refractivity contribution in [3.8, 4) is 5.75 Å². The number of fused-ring (bicyclic) bond motifs is 2. The molecule has 0 saturated carbocycles. The number of carboxylic acids is 1. The number of carbonyl (C=O) groups excluding carboxylic acids is 4. The van der Waals surface area contributed by atoms with E-state index in [2.05, 4.69) is 20.7 Å². The molecule has 42 heavy (non-hydrogen) atoms. The summed E-state index contributed by atoms with van der Waals surface area (Å²) in [4.78, 5) is 92.8. The Labute approximate surface area is 240 Å². The van der Waals surface area contributed by atoms with E-state index in [1.165, 1.54) is 53.9 Å². The number of hydrogen-bond donors (Lipinski definition) is 4. The fourth-order valence-corrected chi connectivity index (χ4v) is 6.56. The van der Waals surface area contributed by atoms with Crippen LogP contribution >= 0.6 is 11.8 Å². The van der Waals surface area contributed by atoms with Crippen LogP contribution in [0.4, 0.5) is 0 Å². The highest BCUT2D eigenvalue weighted by Crippen LogP contribution is 2.50. The minimum absolute atomic E-state index is 0.0798. The number of amides is 3. The molecular formula is C26H24N6O9S. The van der Waals surface area contributed by atoms with E-state index >= 15 is 0 Å². The Balaban J connectivity index is 1.44. The number of nitrogens with zero attached hydrogens (tertiary/aromatic N) is 3. The fourth-order valence-electron chi connectivity index (χ4n) is 4.93. The highest BCUT2D eigenvalue weighted by atomic mass is 32.2. The second-order valence-corrected chi connectivity index (χ2v) is 11.9. The topological polar surface area (TPSA) is 209 Å². The van der Waals surface area contributed by atoms with Crippen LogP contribution < -0.4 is 26.5 Å². The molecule has 2 aliphatic heterocycles. The van der Waals surface area contributed by atoms with Gasteiger partial charge in [-0.15, -0.1) is 11.8 Å². The van der Waals surface area contributed by atoms with E-state index < -0.39 is 74.6 Å². The van der Waals surface area contributed by atoms with Crippen molar-refractivity contribution < 1.29 is 33.8 Å². The monoisotopic (exact) mass is 596 g/mol. The van der Waals surface area contributed by atoms with Crippen LogP contribution in [0.5, 0.6) is 5.75 Å². The van der Waals surface area contributed by atoms with Crippen LogP contribution in [0.3, 0.4) is 0 Å². The van der Waals surface area contributed by atoms with E-state index in [1.54, 1.807) is 13.8 Å². The summed E-state index contributed by atoms with van der Waals surface area (Å²) in [5.74, 6) is -3.97. The Hall–Kier alpha value is -4.99. The Morgan fingerprint density at radius 3 is 2.43 bits per heavy atom. The smallest absolute Gasteiger partial charge is 0.327 e. The van der Waals surface area contributed by atoms with Gasteiger partial charge in [-0.3, -0.25) is 33.9 Å². The molecule has 3 amide bonds. The molecule has 5 rings (SSSR count). The number of thioether (sulfide) groups is 1. The van der Waals surface area contributed by atoms with Crippen LogP contribution in [0.15, 0.2) is 52.2 Å². The van der Waals surface area contributed by atoms with Gasteiger partial charge in [0.1, 0.15) is 34.8 Å². The highest BCUT2D eigenvalue weighted by molar-refractivity contribution is 8.01. The minimum atomic E-state index is -1.45. The van der Waals surface area contributed by atoms with Crippen molar-refractivity contribution in [3.05, 3.63) is 74.4 Å². The average molecular weight is 597 g/mol. The van der Waals surface area contributed by atoms with Gasteiger partial charge in [0.25, 0.3) is 17.0 Å². The van der Waals surface area contributed by atoms with Crippen molar-refractivity contribution >= 4 is 47.1 Å². The number of aromatic amines is 1. The number of carbonyl (C=O) groups is 5. The summed E-state index contributed by atoms with van der Waals surface area (Å²) in [7, 11) is 0. The van der Waals surface area contributed by atoms with Crippen LogP contribution in [0.2, 0.25) is 0 Å². The van der Waals surface area contributed by atoms with Gasteiger partial charge in [-0.05, 0) is 37.6 Å². The van der Waals surface area contributed by atoms with Gasteiger partial charge in [0.15, 0.2) is 5.65 Å². The van der Waals surface area contributed by atoms with Crippen LogP contribution in [-0.2, 0) is 19.2 Å². The molecular weight excluding hydrogens is 572 g/mol. The number of esters is 1. The van der Waals surface area contributed by atoms with E-state index in [-0.39, 0.29) is 17.0 Å². The summed E-state index contributed by atoms with van der Waals surface area (Å²) >= 11 is 1.23. The lowest BCUT2D eigenvalue weighted by atomic mass is 9.95. The van der Waals surface area contributed by atoms with Crippen molar-refractivity contribution in [1.82, 2.24) is 30.1 Å². The first-order chi connectivity index (χ1) is 19.8. The molecule has 218 valence electrons. The first kappa shape index (κ1) is 28.5. The normalized spacial score (nSPS) is 21.2. The van der Waals surface area contributed by atoms with Gasteiger partial charge in [-0.25, -0.2) is 9.78 Å². The molecule has 1 aromatic carbocycles. The van der Waals surface area contributed by atoms with E-state index in [9.17, 15) is 38.7 Å². The molecule has 0 spiro atoms. The summed E-state index contributed by atoms with van der Waals surface area (Å²) < 4.78 is 4.99. The van der Waals surface area contributed by atoms with Crippen LogP contribution in [0, 0.1) is 0 Å². The molecule has 15 nitrogen and oxygen atoms in total. The van der Waals surface area contributed by atoms with Crippen molar-refractivity contribution in [2.45, 2.75) is 49.0 Å². The third kappa shape index (κ3) is 5.00. The maximum absolute atomic E-state index is 13.6. The van der Waals surface area contributed by atoms with E-state index in [4.69, 9.17) is 4.74 Å². The van der Waals surface area contributed by atoms with E-state index in [1.807, 2.05) is 0 Å². The molecule has 16 heteroatoms. The van der Waals surface area contributed by atoms with Crippen molar-refractivity contribution in [2.24, 2.45) is 0 Å². The second kappa shape index (κ2) is 10.4. The molecule has 2 saturated heterocycles. The zero-order valence-electron chi connectivity index (χ0n) is 22.3. The summed E-state index contributed by atoms with van der Waals surface area (Å²) in [5.41, 5.74) is -1.69. The Kier molecular flexibility index (Phi) is 7.10. The number of nitrogens with one attached hydrogen (secondary N) is 3. The Morgan fingerprint density at radius 1 is 1.10 bits per heavy atom. The van der Waals surface area contributed by atoms with Gasteiger partial charge < -0.3 is 25.4 Å². The van der Waals surface area contributed by atoms with Gasteiger partial charge in [0.2, 0.25) is 11.8 Å². The Bertz CT molecular complexity index is 1770. The van der Waals surface area contributed by atoms with Crippen LogP contribution in [0.1, 0.15) is 42.7 Å². The number of H-pyrrole nitrogens is 1. The van der Waals surface area contributed by atoms with Crippen molar-refractivity contribution in [2.75, 3.05) is 0 Å². The lowest BCUT2D eigenvalue weighted by Crippen LogP contribution is -2.71. The number of aliphatic carboxylic acids is 1. The third-order valence-corrected chi connectivity index (χ3v) is 8.40. The highest BCUT2D eigenvalue weighted by Gasteiger charge is 2.64. The molecule has 3 aromatic rings. The first-order valence-corrected chi connectivity index (χ1v) is 13.4. The number of aromatic nitrogens is 3. The predicted molar refractivity (Wildman–Crippen MR) is 146 cm³/mol. The molecule has 2 fully saturated rings. The number of β-lactam (4-membered cyclic amide) rings is 1. The van der Waals surface area contributed by atoms with Crippen molar-refractivity contribution in [1.29, 1.82) is 0 Å². The molecule has 4 heterocycles. The zero-order chi connectivity index (χ0) is 30.5. The quantitative estimate of drug-likeness (QED) is 0.154. The largest absolute Gasteiger partial charge is 0.480 e. The number of ether oxygens (including phenoxy) is 1. The molecule has 0 radical (unpaired) electrons. The number of rotatable bonds is 7. The molecule has 4 atom stereocenters. The van der Waals surface area contributed by atoms with Gasteiger partial charge >= 0.3 is 11.9 Å². The number of carboxylic acid groups (broad SMARTS) is 1. The van der Waals surface area contributed by atoms with Gasteiger partial charge in [0.05, 0.1) is 0 Å². The maximum Gasteiger partial charge on any atom is 0.327 e. The van der Waals surface area contributed by atoms with Gasteiger partial charge in [-0.1, -0.05) is 12.1 Å². The van der Waals surface area contributed by atoms with Crippen molar-refractivity contribution in [3.63, 3.8) is 0 Å². The average Bonchev–Trinajstić information content (AvgIpc) is 3.18. The number of benzene rings is 1. The molecule has 2 aromatic heterocycles. The first-order valence-electron chi connectivity index (χ1n) is 12.5. The summed E-state index contributed by atoms with van der Waals surface area (Å²) in [6.07, 6.45) is 1.00. The van der Waals surface area contributed by atoms with E-state index in [0.717, 1.165) is 16.8 Å². The SMILES string of the molecule is CC(=O)Oc1ccc(C(NC(=O)c2cnc3ccc(=O)[nH]n3c2=O)C(=O)N[C@@H]2C(=O)N3[C@@H]2SC(C)(C)[C@@H]3C(=O)O)cc1. The zero-order valence-corrected chi connectivity index (χ0v) is 23.1. The molecule has 0 aliphatic carbocycles. The predicted octanol–water partition coefficient (Wildman–Crippen LogP) is -0.589. The molecule has 4 N–H and O–H groups in total. The lowest BCUT2D eigenvalue weighted by molar-refractivity contribution is -0.161. The molecule has 2 aliphatic rings. The van der Waals surface area contributed by atoms with Gasteiger partial charge in [0, 0.05) is 23.9 Å². The molecule has 1 unspecified atom stereocenters. The van der Waals surface area contributed by atoms with E-state index in [0.29, 0.717) is 0 Å². The lowest BCUT2D eigenvalue weighted by Gasteiger charge is -2.44. The molecule has 0 bridgehead atoms. The summed E-state index contributed by atoms with van der Waals surface area (Å²) in [6, 6.07) is 4.46. The van der Waals surface area contributed by atoms with Crippen LogP contribution in [-0.4, -0.2) is 76.5 Å². The van der Waals surface area contributed by atoms with Crippen LogP contribution in [0.25, 0.3) is 5.65 Å².